The standard InChI is InChI=1S/C24H35N3O2S2/c1-4-12-30-13-5-11-27-22(28)20-15-21-19(10-14-31-21)26(20)16-24(27,3)23(29)25-18-8-6-17(2)7-9-18/h10,14-15,17-18H,4-9,11-13,16H2,1-3H3,(H,25,29). The highest BCUT2D eigenvalue weighted by Crippen LogP contribution is 2.35. The van der Waals surface area contributed by atoms with E-state index in [9.17, 15) is 9.59 Å². The molecule has 5 nitrogen and oxygen atoms in total. The molecule has 2 amide bonds. The van der Waals surface area contributed by atoms with Crippen LogP contribution in [0.1, 0.15) is 69.8 Å². The Balaban J connectivity index is 1.57. The Hall–Kier alpha value is -1.47. The van der Waals surface area contributed by atoms with Crippen molar-refractivity contribution in [2.24, 2.45) is 5.92 Å². The Morgan fingerprint density at radius 2 is 2.06 bits per heavy atom. The van der Waals surface area contributed by atoms with Gasteiger partial charge in [0.15, 0.2) is 0 Å². The van der Waals surface area contributed by atoms with E-state index in [1.54, 1.807) is 11.3 Å². The fourth-order valence-corrected chi connectivity index (χ4v) is 6.59. The van der Waals surface area contributed by atoms with E-state index >= 15 is 0 Å². The lowest BCUT2D eigenvalue weighted by atomic mass is 9.86. The molecular formula is C24H35N3O2S2. The van der Waals surface area contributed by atoms with Crippen LogP contribution in [0.2, 0.25) is 0 Å². The Labute approximate surface area is 193 Å². The molecule has 31 heavy (non-hydrogen) atoms. The minimum atomic E-state index is -0.865. The van der Waals surface area contributed by atoms with Crippen molar-refractivity contribution in [2.45, 2.75) is 77.4 Å². The van der Waals surface area contributed by atoms with Crippen LogP contribution in [0.3, 0.4) is 0 Å². The van der Waals surface area contributed by atoms with Crippen LogP contribution in [-0.4, -0.2) is 50.9 Å². The van der Waals surface area contributed by atoms with Gasteiger partial charge in [-0.1, -0.05) is 13.8 Å². The van der Waals surface area contributed by atoms with Crippen molar-refractivity contribution >= 4 is 45.1 Å². The molecule has 1 aliphatic heterocycles. The normalized spacial score (nSPS) is 26.3. The van der Waals surface area contributed by atoms with E-state index in [4.69, 9.17) is 0 Å². The molecule has 0 radical (unpaired) electrons. The highest BCUT2D eigenvalue weighted by Gasteiger charge is 2.48. The largest absolute Gasteiger partial charge is 0.351 e. The highest BCUT2D eigenvalue weighted by atomic mass is 32.2. The van der Waals surface area contributed by atoms with Gasteiger partial charge in [0.25, 0.3) is 5.91 Å². The summed E-state index contributed by atoms with van der Waals surface area (Å²) in [6.45, 7) is 7.59. The topological polar surface area (TPSA) is 54.3 Å². The van der Waals surface area contributed by atoms with Gasteiger partial charge in [0.2, 0.25) is 5.91 Å². The lowest BCUT2D eigenvalue weighted by molar-refractivity contribution is -0.133. The van der Waals surface area contributed by atoms with Crippen LogP contribution in [0.5, 0.6) is 0 Å². The fourth-order valence-electron chi connectivity index (χ4n) is 4.94. The molecule has 0 saturated heterocycles. The average Bonchev–Trinajstić information content (AvgIpc) is 3.34. The van der Waals surface area contributed by atoms with Gasteiger partial charge in [0.05, 0.1) is 16.8 Å². The predicted octanol–water partition coefficient (Wildman–Crippen LogP) is 5.15. The highest BCUT2D eigenvalue weighted by molar-refractivity contribution is 7.99. The summed E-state index contributed by atoms with van der Waals surface area (Å²) in [7, 11) is 0. The average molecular weight is 462 g/mol. The number of rotatable bonds is 8. The molecule has 3 heterocycles. The third-order valence-electron chi connectivity index (χ3n) is 6.91. The number of carbonyl (C=O) groups excluding carboxylic acids is 2. The van der Waals surface area contributed by atoms with E-state index in [2.05, 4.69) is 35.2 Å². The zero-order valence-electron chi connectivity index (χ0n) is 19.0. The molecule has 4 rings (SSSR count). The van der Waals surface area contributed by atoms with Crippen LogP contribution in [0.15, 0.2) is 17.5 Å². The lowest BCUT2D eigenvalue weighted by Gasteiger charge is -2.45. The third kappa shape index (κ3) is 4.54. The molecule has 2 aromatic heterocycles. The van der Waals surface area contributed by atoms with Crippen LogP contribution in [0, 0.1) is 5.92 Å². The number of aromatic nitrogens is 1. The number of hydrogen-bond donors (Lipinski definition) is 1. The smallest absolute Gasteiger partial charge is 0.271 e. The second-order valence-electron chi connectivity index (χ2n) is 9.41. The Kier molecular flexibility index (Phi) is 7.01. The first-order chi connectivity index (χ1) is 14.9. The lowest BCUT2D eigenvalue weighted by Crippen LogP contribution is -2.65. The van der Waals surface area contributed by atoms with Gasteiger partial charge >= 0.3 is 0 Å². The summed E-state index contributed by atoms with van der Waals surface area (Å²) >= 11 is 3.58. The van der Waals surface area contributed by atoms with E-state index in [1.165, 1.54) is 0 Å². The number of nitrogens with zero attached hydrogens (tertiary/aromatic N) is 2. The molecule has 1 fully saturated rings. The second-order valence-corrected chi connectivity index (χ2v) is 11.6. The van der Waals surface area contributed by atoms with Gasteiger partial charge in [-0.2, -0.15) is 11.8 Å². The minimum absolute atomic E-state index is 0.00402. The van der Waals surface area contributed by atoms with Crippen molar-refractivity contribution in [1.29, 1.82) is 0 Å². The van der Waals surface area contributed by atoms with Crippen molar-refractivity contribution < 1.29 is 9.59 Å². The summed E-state index contributed by atoms with van der Waals surface area (Å²) in [5.41, 5.74) is 0.924. The molecule has 1 aliphatic carbocycles. The fraction of sp³-hybridized carbons (Fsp3) is 0.667. The van der Waals surface area contributed by atoms with Crippen molar-refractivity contribution in [3.63, 3.8) is 0 Å². The van der Waals surface area contributed by atoms with Gasteiger partial charge in [-0.05, 0) is 80.4 Å². The van der Waals surface area contributed by atoms with Gasteiger partial charge in [0, 0.05) is 12.6 Å². The molecule has 0 aromatic carbocycles. The number of amides is 2. The number of fused-ring (bicyclic) bond motifs is 3. The summed E-state index contributed by atoms with van der Waals surface area (Å²) in [5, 5.41) is 5.38. The van der Waals surface area contributed by atoms with Crippen LogP contribution >= 0.6 is 23.1 Å². The first-order valence-corrected chi connectivity index (χ1v) is 13.7. The van der Waals surface area contributed by atoms with Crippen LogP contribution in [0.25, 0.3) is 10.2 Å². The maximum absolute atomic E-state index is 13.6. The molecule has 0 spiro atoms. The number of thiophene rings is 1. The van der Waals surface area contributed by atoms with E-state index in [0.29, 0.717) is 13.1 Å². The van der Waals surface area contributed by atoms with Gasteiger partial charge in [-0.25, -0.2) is 0 Å². The van der Waals surface area contributed by atoms with Crippen molar-refractivity contribution in [2.75, 3.05) is 18.1 Å². The maximum Gasteiger partial charge on any atom is 0.271 e. The molecule has 2 aliphatic rings. The van der Waals surface area contributed by atoms with Crippen LogP contribution in [-0.2, 0) is 11.3 Å². The predicted molar refractivity (Wildman–Crippen MR) is 131 cm³/mol. The van der Waals surface area contributed by atoms with Gasteiger partial charge in [-0.15, -0.1) is 11.3 Å². The SMILES string of the molecule is CCCSCCCN1C(=O)c2cc3sccc3n2CC1(C)C(=O)NC1CCC(C)CC1. The quantitative estimate of drug-likeness (QED) is 0.554. The maximum atomic E-state index is 13.6. The first-order valence-electron chi connectivity index (χ1n) is 11.7. The third-order valence-corrected chi connectivity index (χ3v) is 9.04. The summed E-state index contributed by atoms with van der Waals surface area (Å²) in [6, 6.07) is 4.29. The van der Waals surface area contributed by atoms with E-state index in [-0.39, 0.29) is 17.9 Å². The van der Waals surface area contributed by atoms with Crippen molar-refractivity contribution in [3.05, 3.63) is 23.2 Å². The number of carbonyl (C=O) groups is 2. The molecule has 2 aromatic rings. The van der Waals surface area contributed by atoms with Gasteiger partial charge in [-0.3, -0.25) is 9.59 Å². The van der Waals surface area contributed by atoms with Crippen LogP contribution < -0.4 is 5.32 Å². The Morgan fingerprint density at radius 1 is 1.29 bits per heavy atom. The molecular weight excluding hydrogens is 426 g/mol. The zero-order chi connectivity index (χ0) is 22.0. The summed E-state index contributed by atoms with van der Waals surface area (Å²) in [5.74, 6) is 2.90. The molecule has 1 atom stereocenters. The number of hydrogen-bond acceptors (Lipinski definition) is 4. The monoisotopic (exact) mass is 461 g/mol. The molecule has 1 unspecified atom stereocenters. The molecule has 170 valence electrons. The van der Waals surface area contributed by atoms with E-state index in [0.717, 1.165) is 71.9 Å². The van der Waals surface area contributed by atoms with Gasteiger partial charge < -0.3 is 14.8 Å². The van der Waals surface area contributed by atoms with Gasteiger partial charge in [0.1, 0.15) is 11.2 Å². The number of thioether (sulfide) groups is 1. The van der Waals surface area contributed by atoms with E-state index in [1.807, 2.05) is 29.7 Å². The molecule has 7 heteroatoms. The molecule has 1 saturated carbocycles. The second kappa shape index (κ2) is 9.57. The zero-order valence-corrected chi connectivity index (χ0v) is 20.6. The Morgan fingerprint density at radius 3 is 2.81 bits per heavy atom. The summed E-state index contributed by atoms with van der Waals surface area (Å²) in [4.78, 5) is 29.1. The summed E-state index contributed by atoms with van der Waals surface area (Å²) < 4.78 is 3.19. The Bertz CT molecular complexity index is 929. The van der Waals surface area contributed by atoms with Crippen molar-refractivity contribution in [3.8, 4) is 0 Å². The first kappa shape index (κ1) is 22.7. The van der Waals surface area contributed by atoms with Crippen molar-refractivity contribution in [1.82, 2.24) is 14.8 Å². The van der Waals surface area contributed by atoms with Crippen LogP contribution in [0.4, 0.5) is 0 Å². The molecule has 1 N–H and O–H groups in total. The minimum Gasteiger partial charge on any atom is -0.351 e. The number of nitrogens with one attached hydrogen (secondary N) is 1. The van der Waals surface area contributed by atoms with E-state index < -0.39 is 5.54 Å². The molecule has 0 bridgehead atoms. The summed E-state index contributed by atoms with van der Waals surface area (Å²) in [6.07, 6.45) is 6.47.